The molecule has 0 saturated heterocycles. The van der Waals surface area contributed by atoms with Crippen molar-refractivity contribution in [3.05, 3.63) is 20.8 Å². The van der Waals surface area contributed by atoms with Crippen molar-refractivity contribution in [1.82, 2.24) is 0 Å². The Bertz CT molecular complexity index is 323. The average Bonchev–Trinajstić information content (AvgIpc) is 2.75. The van der Waals surface area contributed by atoms with Crippen LogP contribution in [0.5, 0.6) is 0 Å². The predicted molar refractivity (Wildman–Crippen MR) is 70.2 cm³/mol. The molecule has 0 bridgehead atoms. The molecule has 3 unspecified atom stereocenters. The van der Waals surface area contributed by atoms with Crippen molar-refractivity contribution < 1.29 is 0 Å². The van der Waals surface area contributed by atoms with E-state index >= 15 is 0 Å². The molecule has 84 valence electrons. The maximum absolute atomic E-state index is 6.30. The van der Waals surface area contributed by atoms with E-state index < -0.39 is 0 Å². The zero-order valence-corrected chi connectivity index (χ0v) is 11.5. The fourth-order valence-corrected chi connectivity index (χ4v) is 4.21. The van der Waals surface area contributed by atoms with E-state index in [1.54, 1.807) is 0 Å². The Morgan fingerprint density at radius 1 is 1.53 bits per heavy atom. The number of hydrogen-bond donors (Lipinski definition) is 1. The van der Waals surface area contributed by atoms with Gasteiger partial charge in [0.15, 0.2) is 0 Å². The summed E-state index contributed by atoms with van der Waals surface area (Å²) in [5.41, 5.74) is 6.30. The first kappa shape index (κ1) is 11.6. The lowest BCUT2D eigenvalue weighted by Crippen LogP contribution is -2.33. The highest BCUT2D eigenvalue weighted by molar-refractivity contribution is 9.11. The van der Waals surface area contributed by atoms with Crippen LogP contribution in [-0.4, -0.2) is 6.04 Å². The van der Waals surface area contributed by atoms with Crippen LogP contribution in [-0.2, 0) is 6.42 Å². The third kappa shape index (κ3) is 2.83. The highest BCUT2D eigenvalue weighted by atomic mass is 79.9. The van der Waals surface area contributed by atoms with Crippen LogP contribution < -0.4 is 5.73 Å². The minimum atomic E-state index is 0.355. The Morgan fingerprint density at radius 2 is 2.33 bits per heavy atom. The van der Waals surface area contributed by atoms with E-state index in [0.29, 0.717) is 6.04 Å². The van der Waals surface area contributed by atoms with Crippen molar-refractivity contribution in [3.8, 4) is 0 Å². The summed E-state index contributed by atoms with van der Waals surface area (Å²) in [6.07, 6.45) is 5.11. The average molecular weight is 288 g/mol. The maximum atomic E-state index is 6.30. The van der Waals surface area contributed by atoms with Crippen molar-refractivity contribution >= 4 is 27.3 Å². The molecule has 0 spiro atoms. The van der Waals surface area contributed by atoms with Crippen LogP contribution in [0.25, 0.3) is 0 Å². The van der Waals surface area contributed by atoms with Gasteiger partial charge in [0.2, 0.25) is 0 Å². The second-order valence-corrected chi connectivity index (χ2v) is 7.19. The van der Waals surface area contributed by atoms with E-state index in [9.17, 15) is 0 Å². The van der Waals surface area contributed by atoms with Gasteiger partial charge in [0.05, 0.1) is 3.79 Å². The van der Waals surface area contributed by atoms with E-state index in [0.717, 1.165) is 18.3 Å². The molecule has 1 aromatic rings. The van der Waals surface area contributed by atoms with Gasteiger partial charge in [-0.2, -0.15) is 0 Å². The molecule has 1 aromatic heterocycles. The van der Waals surface area contributed by atoms with Gasteiger partial charge in [0, 0.05) is 10.9 Å². The lowest BCUT2D eigenvalue weighted by Gasteiger charge is -2.22. The molecule has 1 aliphatic carbocycles. The molecule has 3 heteroatoms. The lowest BCUT2D eigenvalue weighted by atomic mass is 9.89. The fraction of sp³-hybridized carbons (Fsp3) is 0.667. The van der Waals surface area contributed by atoms with E-state index in [1.165, 1.54) is 27.9 Å². The maximum Gasteiger partial charge on any atom is 0.0701 e. The van der Waals surface area contributed by atoms with Gasteiger partial charge in [-0.1, -0.05) is 19.8 Å². The third-order valence-corrected chi connectivity index (χ3v) is 5.19. The normalized spacial score (nSPS) is 28.2. The zero-order valence-electron chi connectivity index (χ0n) is 9.08. The second kappa shape index (κ2) is 4.98. The SMILES string of the molecule is CC1CCCC1C(N)Cc1ccc(Br)s1. The van der Waals surface area contributed by atoms with Crippen molar-refractivity contribution in [2.24, 2.45) is 17.6 Å². The van der Waals surface area contributed by atoms with E-state index in [1.807, 2.05) is 11.3 Å². The van der Waals surface area contributed by atoms with Crippen molar-refractivity contribution in [3.63, 3.8) is 0 Å². The summed E-state index contributed by atoms with van der Waals surface area (Å²) in [7, 11) is 0. The Hall–Kier alpha value is 0.140. The van der Waals surface area contributed by atoms with Crippen molar-refractivity contribution in [2.45, 2.75) is 38.6 Å². The first-order valence-corrected chi connectivity index (χ1v) is 7.27. The van der Waals surface area contributed by atoms with Crippen LogP contribution in [0.2, 0.25) is 0 Å². The molecule has 1 fully saturated rings. The summed E-state index contributed by atoms with van der Waals surface area (Å²) in [4.78, 5) is 1.41. The monoisotopic (exact) mass is 287 g/mol. The highest BCUT2D eigenvalue weighted by Crippen LogP contribution is 2.34. The number of halogens is 1. The zero-order chi connectivity index (χ0) is 10.8. The first-order valence-electron chi connectivity index (χ1n) is 5.66. The van der Waals surface area contributed by atoms with Crippen LogP contribution in [0, 0.1) is 11.8 Å². The molecule has 0 radical (unpaired) electrons. The van der Waals surface area contributed by atoms with Gasteiger partial charge in [0.25, 0.3) is 0 Å². The summed E-state index contributed by atoms with van der Waals surface area (Å²) in [6, 6.07) is 4.66. The molecule has 2 rings (SSSR count). The molecule has 3 atom stereocenters. The molecular formula is C12H18BrNS. The minimum Gasteiger partial charge on any atom is -0.327 e. The van der Waals surface area contributed by atoms with Crippen LogP contribution in [0.4, 0.5) is 0 Å². The topological polar surface area (TPSA) is 26.0 Å². The van der Waals surface area contributed by atoms with Crippen LogP contribution in [0.15, 0.2) is 15.9 Å². The molecular weight excluding hydrogens is 270 g/mol. The fourth-order valence-electron chi connectivity index (χ4n) is 2.66. The Kier molecular flexibility index (Phi) is 3.86. The summed E-state index contributed by atoms with van der Waals surface area (Å²) < 4.78 is 1.21. The van der Waals surface area contributed by atoms with Gasteiger partial charge < -0.3 is 5.73 Å². The molecule has 0 aromatic carbocycles. The third-order valence-electron chi connectivity index (χ3n) is 3.54. The molecule has 0 aliphatic heterocycles. The van der Waals surface area contributed by atoms with E-state index in [-0.39, 0.29) is 0 Å². The smallest absolute Gasteiger partial charge is 0.0701 e. The number of nitrogens with two attached hydrogens (primary N) is 1. The van der Waals surface area contributed by atoms with Gasteiger partial charge in [-0.15, -0.1) is 11.3 Å². The Labute approximate surface area is 104 Å². The number of hydrogen-bond acceptors (Lipinski definition) is 2. The Morgan fingerprint density at radius 3 is 2.87 bits per heavy atom. The number of thiophene rings is 1. The largest absolute Gasteiger partial charge is 0.327 e. The van der Waals surface area contributed by atoms with E-state index in [2.05, 4.69) is 35.0 Å². The molecule has 0 amide bonds. The second-order valence-electron chi connectivity index (χ2n) is 4.65. The number of rotatable bonds is 3. The van der Waals surface area contributed by atoms with Crippen LogP contribution in [0.3, 0.4) is 0 Å². The molecule has 1 aliphatic rings. The van der Waals surface area contributed by atoms with Crippen molar-refractivity contribution in [2.75, 3.05) is 0 Å². The summed E-state index contributed by atoms with van der Waals surface area (Å²) in [6.45, 7) is 2.35. The van der Waals surface area contributed by atoms with Gasteiger partial charge in [-0.25, -0.2) is 0 Å². The van der Waals surface area contributed by atoms with Crippen LogP contribution >= 0.6 is 27.3 Å². The lowest BCUT2D eigenvalue weighted by molar-refractivity contribution is 0.344. The highest BCUT2D eigenvalue weighted by Gasteiger charge is 2.28. The molecule has 1 nitrogen and oxygen atoms in total. The molecule has 1 saturated carbocycles. The summed E-state index contributed by atoms with van der Waals surface area (Å²) in [5.74, 6) is 1.56. The standard InChI is InChI=1S/C12H18BrNS/c1-8-3-2-4-10(8)11(14)7-9-5-6-12(13)15-9/h5-6,8,10-11H,2-4,7,14H2,1H3. The minimum absolute atomic E-state index is 0.355. The first-order chi connectivity index (χ1) is 7.16. The predicted octanol–water partition coefficient (Wildman–Crippen LogP) is 3.82. The van der Waals surface area contributed by atoms with Crippen LogP contribution in [0.1, 0.15) is 31.1 Å². The van der Waals surface area contributed by atoms with E-state index in [4.69, 9.17) is 5.73 Å². The van der Waals surface area contributed by atoms with Gasteiger partial charge in [-0.3, -0.25) is 0 Å². The molecule has 15 heavy (non-hydrogen) atoms. The summed E-state index contributed by atoms with van der Waals surface area (Å²) >= 11 is 5.31. The quantitative estimate of drug-likeness (QED) is 0.899. The Balaban J connectivity index is 1.94. The summed E-state index contributed by atoms with van der Waals surface area (Å²) in [5, 5.41) is 0. The molecule has 2 N–H and O–H groups in total. The van der Waals surface area contributed by atoms with Gasteiger partial charge in [-0.05, 0) is 52.7 Å². The van der Waals surface area contributed by atoms with Crippen molar-refractivity contribution in [1.29, 1.82) is 0 Å². The van der Waals surface area contributed by atoms with Gasteiger partial charge in [0.1, 0.15) is 0 Å². The molecule has 1 heterocycles. The van der Waals surface area contributed by atoms with Gasteiger partial charge >= 0.3 is 0 Å².